The van der Waals surface area contributed by atoms with Crippen molar-refractivity contribution >= 4 is 18.0 Å². The van der Waals surface area contributed by atoms with E-state index in [2.05, 4.69) is 0 Å². The molecule has 0 fully saturated rings. The number of hydrogen-bond donors (Lipinski definition) is 1. The minimum absolute atomic E-state index is 0.0772. The molecule has 29 heavy (non-hydrogen) atoms. The maximum Gasteiger partial charge on any atom is 0.349 e. The predicted molar refractivity (Wildman–Crippen MR) is 108 cm³/mol. The van der Waals surface area contributed by atoms with Gasteiger partial charge in [0.25, 0.3) is 0 Å². The van der Waals surface area contributed by atoms with E-state index in [1.165, 1.54) is 19.3 Å². The minimum atomic E-state index is -0.809. The Morgan fingerprint density at radius 3 is 2.52 bits per heavy atom. The van der Waals surface area contributed by atoms with Crippen LogP contribution in [0.4, 0.5) is 0 Å². The number of esters is 2. The second-order valence-electron chi connectivity index (χ2n) is 6.78. The normalized spacial score (nSPS) is 11.8. The predicted octanol–water partition coefficient (Wildman–Crippen LogP) is 3.17. The molecule has 0 amide bonds. The largest absolute Gasteiger partial charge is 0.497 e. The number of hydrogen-bond acceptors (Lipinski definition) is 7. The first-order valence-corrected chi connectivity index (χ1v) is 9.19. The van der Waals surface area contributed by atoms with Crippen molar-refractivity contribution in [1.82, 2.24) is 0 Å². The second-order valence-corrected chi connectivity index (χ2v) is 6.78. The molecule has 0 saturated heterocycles. The molecule has 0 aliphatic carbocycles. The van der Waals surface area contributed by atoms with Crippen LogP contribution in [0.1, 0.15) is 38.3 Å². The highest BCUT2D eigenvalue weighted by molar-refractivity contribution is 5.93. The van der Waals surface area contributed by atoms with E-state index in [9.17, 15) is 14.7 Å². The van der Waals surface area contributed by atoms with Crippen LogP contribution >= 0.6 is 0 Å². The Balaban J connectivity index is 2.67. The van der Waals surface area contributed by atoms with Crippen molar-refractivity contribution in [2.75, 3.05) is 20.3 Å². The Morgan fingerprint density at radius 2 is 1.93 bits per heavy atom. The fourth-order valence-electron chi connectivity index (χ4n) is 2.08. The quantitative estimate of drug-likeness (QED) is 0.211. The third-order valence-corrected chi connectivity index (χ3v) is 4.39. The Bertz CT molecular complexity index is 817. The van der Waals surface area contributed by atoms with E-state index in [1.807, 2.05) is 6.92 Å². The van der Waals surface area contributed by atoms with E-state index in [-0.39, 0.29) is 31.4 Å². The zero-order chi connectivity index (χ0) is 21.9. The highest BCUT2D eigenvalue weighted by atomic mass is 16.6. The lowest BCUT2D eigenvalue weighted by molar-refractivity contribution is -0.158. The third kappa shape index (κ3) is 7.43. The van der Waals surface area contributed by atoms with Crippen LogP contribution in [-0.4, -0.2) is 37.4 Å². The van der Waals surface area contributed by atoms with Crippen LogP contribution in [-0.2, 0) is 25.7 Å². The molecule has 0 bridgehead atoms. The van der Waals surface area contributed by atoms with Gasteiger partial charge in [-0.05, 0) is 49.6 Å². The average Bonchev–Trinajstić information content (AvgIpc) is 2.73. The van der Waals surface area contributed by atoms with Gasteiger partial charge in [-0.3, -0.25) is 4.79 Å². The van der Waals surface area contributed by atoms with Gasteiger partial charge in [0.05, 0.1) is 19.1 Å². The Kier molecular flexibility index (Phi) is 9.63. The number of nitrogens with zero attached hydrogens (tertiary/aromatic N) is 1. The number of ether oxygens (including phenoxy) is 3. The number of carbonyl (C=O) groups excluding carboxylic acids is 2. The number of aliphatic hydroxyl groups is 1. The molecule has 0 saturated carbocycles. The molecule has 0 heterocycles. The molecule has 1 aromatic carbocycles. The minimum Gasteiger partial charge on any atom is -0.497 e. The van der Waals surface area contributed by atoms with Gasteiger partial charge >= 0.3 is 11.9 Å². The monoisotopic (exact) mass is 401 g/mol. The van der Waals surface area contributed by atoms with Gasteiger partial charge < -0.3 is 19.3 Å². The molecule has 1 rings (SSSR count). The lowest BCUT2D eigenvalue weighted by atomic mass is 9.91. The van der Waals surface area contributed by atoms with E-state index in [0.717, 1.165) is 0 Å². The summed E-state index contributed by atoms with van der Waals surface area (Å²) in [5.74, 6) is -0.560. The summed E-state index contributed by atoms with van der Waals surface area (Å²) in [5, 5.41) is 18.6. The molecule has 1 N–H and O–H groups in total. The van der Waals surface area contributed by atoms with Crippen LogP contribution in [0.2, 0.25) is 0 Å². The summed E-state index contributed by atoms with van der Waals surface area (Å²) in [6.07, 6.45) is 5.10. The summed E-state index contributed by atoms with van der Waals surface area (Å²) in [6.45, 7) is 5.05. The first kappa shape index (κ1) is 23.9. The van der Waals surface area contributed by atoms with Crippen molar-refractivity contribution < 1.29 is 28.9 Å². The van der Waals surface area contributed by atoms with E-state index in [1.54, 1.807) is 44.2 Å². The van der Waals surface area contributed by atoms with E-state index < -0.39 is 11.4 Å². The molecule has 156 valence electrons. The highest BCUT2D eigenvalue weighted by Crippen LogP contribution is 2.21. The standard InChI is InChI=1S/C22H27NO6/c1-5-22(2,3)21(26)29-12-11-28-20(25)17(14-23)8-6-7-16-13-19(27-4)10-9-18(16)15-24/h6-10,13,24H,5,11-12,15H2,1-4H3/b7-6+,17-8+. The van der Waals surface area contributed by atoms with Crippen molar-refractivity contribution in [3.8, 4) is 11.8 Å². The van der Waals surface area contributed by atoms with Gasteiger partial charge in [0.15, 0.2) is 0 Å². The average molecular weight is 401 g/mol. The summed E-state index contributed by atoms with van der Waals surface area (Å²) in [7, 11) is 1.53. The number of rotatable bonds is 10. The Morgan fingerprint density at radius 1 is 1.24 bits per heavy atom. The lowest BCUT2D eigenvalue weighted by Gasteiger charge is -2.20. The van der Waals surface area contributed by atoms with Gasteiger partial charge in [-0.1, -0.05) is 25.1 Å². The zero-order valence-electron chi connectivity index (χ0n) is 17.2. The van der Waals surface area contributed by atoms with Crippen LogP contribution in [0.3, 0.4) is 0 Å². The molecule has 7 nitrogen and oxygen atoms in total. The fraction of sp³-hybridized carbons (Fsp3) is 0.409. The van der Waals surface area contributed by atoms with E-state index in [4.69, 9.17) is 19.5 Å². The Labute approximate surface area is 171 Å². The van der Waals surface area contributed by atoms with E-state index >= 15 is 0 Å². The second kappa shape index (κ2) is 11.7. The molecule has 0 spiro atoms. The lowest BCUT2D eigenvalue weighted by Crippen LogP contribution is -2.27. The first-order valence-electron chi connectivity index (χ1n) is 9.19. The molecule has 0 atom stereocenters. The molecule has 0 radical (unpaired) electrons. The molecular weight excluding hydrogens is 374 g/mol. The zero-order valence-corrected chi connectivity index (χ0v) is 17.2. The molecular formula is C22H27NO6. The fourth-order valence-corrected chi connectivity index (χ4v) is 2.08. The summed E-state index contributed by atoms with van der Waals surface area (Å²) in [4.78, 5) is 23.8. The van der Waals surface area contributed by atoms with Gasteiger partial charge in [-0.15, -0.1) is 0 Å². The number of benzene rings is 1. The third-order valence-electron chi connectivity index (χ3n) is 4.39. The molecule has 7 heteroatoms. The number of nitriles is 1. The van der Waals surface area contributed by atoms with Gasteiger partial charge in [-0.2, -0.15) is 5.26 Å². The van der Waals surface area contributed by atoms with Gasteiger partial charge in [-0.25, -0.2) is 4.79 Å². The highest BCUT2D eigenvalue weighted by Gasteiger charge is 2.26. The number of carbonyl (C=O) groups is 2. The summed E-state index contributed by atoms with van der Waals surface area (Å²) < 4.78 is 15.2. The topological polar surface area (TPSA) is 106 Å². The molecule has 0 aliphatic heterocycles. The van der Waals surface area contributed by atoms with Gasteiger partial charge in [0.1, 0.15) is 30.6 Å². The van der Waals surface area contributed by atoms with Crippen molar-refractivity contribution in [3.63, 3.8) is 0 Å². The SMILES string of the molecule is CCC(C)(C)C(=O)OCCOC(=O)/C(C#N)=C/C=C/c1cc(OC)ccc1CO. The van der Waals surface area contributed by atoms with Crippen molar-refractivity contribution in [3.05, 3.63) is 47.1 Å². The molecule has 1 aromatic rings. The smallest absolute Gasteiger partial charge is 0.349 e. The van der Waals surface area contributed by atoms with Gasteiger partial charge in [0, 0.05) is 0 Å². The first-order chi connectivity index (χ1) is 13.8. The Hall–Kier alpha value is -3.11. The molecule has 0 unspecified atom stereocenters. The summed E-state index contributed by atoms with van der Waals surface area (Å²) >= 11 is 0. The molecule has 0 aliphatic rings. The van der Waals surface area contributed by atoms with Crippen LogP contribution in [0.5, 0.6) is 5.75 Å². The van der Waals surface area contributed by atoms with Gasteiger partial charge in [0.2, 0.25) is 0 Å². The maximum absolute atomic E-state index is 12.0. The van der Waals surface area contributed by atoms with Crippen LogP contribution in [0.25, 0.3) is 6.08 Å². The van der Waals surface area contributed by atoms with Crippen molar-refractivity contribution in [2.24, 2.45) is 5.41 Å². The van der Waals surface area contributed by atoms with Crippen molar-refractivity contribution in [2.45, 2.75) is 33.8 Å². The maximum atomic E-state index is 12.0. The number of aliphatic hydroxyl groups excluding tert-OH is 1. The molecule has 0 aromatic heterocycles. The van der Waals surface area contributed by atoms with Crippen LogP contribution < -0.4 is 4.74 Å². The van der Waals surface area contributed by atoms with E-state index in [0.29, 0.717) is 23.3 Å². The van der Waals surface area contributed by atoms with Crippen LogP contribution in [0, 0.1) is 16.7 Å². The summed E-state index contributed by atoms with van der Waals surface area (Å²) in [5.41, 5.74) is 0.572. The van der Waals surface area contributed by atoms with Crippen LogP contribution in [0.15, 0.2) is 35.9 Å². The number of methoxy groups -OCH3 is 1. The number of allylic oxidation sites excluding steroid dienone is 2. The van der Waals surface area contributed by atoms with Crippen molar-refractivity contribution in [1.29, 1.82) is 5.26 Å². The summed E-state index contributed by atoms with van der Waals surface area (Å²) in [6, 6.07) is 6.96.